The monoisotopic (exact) mass is 814 g/mol. The highest BCUT2D eigenvalue weighted by atomic mass is 28.4. The quantitative estimate of drug-likeness (QED) is 0.121. The van der Waals surface area contributed by atoms with Crippen molar-refractivity contribution >= 4 is 88.9 Å². The van der Waals surface area contributed by atoms with Gasteiger partial charge in [0, 0.05) is 30.7 Å². The molecule has 1 unspecified atom stereocenters. The zero-order valence-electron chi connectivity index (χ0n) is 34.5. The molecule has 0 radical (unpaired) electrons. The summed E-state index contributed by atoms with van der Waals surface area (Å²) in [6.45, 7) is 46.9. The minimum atomic E-state index is -2.51. The lowest BCUT2D eigenvalue weighted by Crippen LogP contribution is -2.88. The third kappa shape index (κ3) is 11.7. The molecule has 0 spiro atoms. The molecule has 0 fully saturated rings. The zero-order valence-corrected chi connectivity index (χ0v) is 47.5. The van der Waals surface area contributed by atoms with Gasteiger partial charge in [0.25, 0.3) is 5.79 Å². The van der Waals surface area contributed by atoms with E-state index in [1.807, 2.05) is 0 Å². The maximum absolute atomic E-state index is 7.85. The van der Waals surface area contributed by atoms with Crippen LogP contribution in [0.15, 0.2) is 22.2 Å². The standard InChI is InChI=1S/C29H74O7Si10/c1-40(2,3)30-26(24(37)25(38)39)22-23-27(31-41(4,5)6,32-42(7,8)9)29(35-45(16,17)18,36-46(19,20)21)28(26,33-43(10,11)12)34-44(13,14)15/h22-23H,1-21,37-39H3. The molecule has 1 aliphatic rings. The lowest BCUT2D eigenvalue weighted by molar-refractivity contribution is -0.429. The highest BCUT2D eigenvalue weighted by molar-refractivity contribution is 6.73. The van der Waals surface area contributed by atoms with E-state index in [0.717, 1.165) is 30.7 Å². The van der Waals surface area contributed by atoms with Crippen molar-refractivity contribution in [3.05, 3.63) is 22.2 Å². The topological polar surface area (TPSA) is 64.6 Å². The van der Waals surface area contributed by atoms with E-state index in [-0.39, 0.29) is 0 Å². The van der Waals surface area contributed by atoms with Crippen molar-refractivity contribution < 1.29 is 31.0 Å². The van der Waals surface area contributed by atoms with Gasteiger partial charge >= 0.3 is 0 Å². The Morgan fingerprint density at radius 3 is 0.870 bits per heavy atom. The summed E-state index contributed by atoms with van der Waals surface area (Å²) in [5, 5.41) is 1.29. The lowest BCUT2D eigenvalue weighted by atomic mass is 9.76. The summed E-state index contributed by atoms with van der Waals surface area (Å²) in [7, 11) is -14.4. The van der Waals surface area contributed by atoms with E-state index in [1.54, 1.807) is 0 Å². The van der Waals surface area contributed by atoms with E-state index in [0.29, 0.717) is 0 Å². The van der Waals surface area contributed by atoms with Gasteiger partial charge in [0.15, 0.2) is 58.2 Å². The van der Waals surface area contributed by atoms with Crippen LogP contribution in [0.5, 0.6) is 0 Å². The van der Waals surface area contributed by atoms with Gasteiger partial charge in [-0.3, -0.25) is 0 Å². The van der Waals surface area contributed by atoms with Crippen molar-refractivity contribution in [1.82, 2.24) is 0 Å². The maximum Gasteiger partial charge on any atom is 0.265 e. The number of rotatable bonds is 15. The molecule has 0 aromatic heterocycles. The van der Waals surface area contributed by atoms with Crippen molar-refractivity contribution in [2.24, 2.45) is 0 Å². The van der Waals surface area contributed by atoms with E-state index in [2.05, 4.69) is 150 Å². The molecular formula is C29H74O7Si10. The molecule has 0 amide bonds. The summed E-state index contributed by atoms with van der Waals surface area (Å²) in [5.41, 5.74) is -1.07. The van der Waals surface area contributed by atoms with Crippen molar-refractivity contribution in [1.29, 1.82) is 0 Å². The van der Waals surface area contributed by atoms with Crippen LogP contribution in [0.3, 0.4) is 0 Å². The zero-order chi connectivity index (χ0) is 37.0. The van der Waals surface area contributed by atoms with Gasteiger partial charge in [0.1, 0.15) is 5.60 Å². The molecule has 1 rings (SSSR count). The first-order valence-corrected chi connectivity index (χ1v) is 43.9. The van der Waals surface area contributed by atoms with Crippen LogP contribution >= 0.6 is 0 Å². The van der Waals surface area contributed by atoms with Crippen LogP contribution in [0.4, 0.5) is 0 Å². The van der Waals surface area contributed by atoms with Crippen molar-refractivity contribution in [3.63, 3.8) is 0 Å². The van der Waals surface area contributed by atoms with Crippen molar-refractivity contribution in [2.75, 3.05) is 0 Å². The van der Waals surface area contributed by atoms with Gasteiger partial charge in [0.05, 0.1) is 0 Å². The maximum atomic E-state index is 7.85. The van der Waals surface area contributed by atoms with Gasteiger partial charge in [-0.25, -0.2) is 0 Å². The molecule has 1 aliphatic carbocycles. The van der Waals surface area contributed by atoms with Gasteiger partial charge in [-0.2, -0.15) is 0 Å². The Morgan fingerprint density at radius 2 is 0.630 bits per heavy atom. The Morgan fingerprint density at radius 1 is 0.370 bits per heavy atom. The van der Waals surface area contributed by atoms with Gasteiger partial charge in [0.2, 0.25) is 11.6 Å². The van der Waals surface area contributed by atoms with Crippen molar-refractivity contribution in [2.45, 2.75) is 160 Å². The molecule has 0 aromatic carbocycles. The molecule has 0 heterocycles. The Kier molecular flexibility index (Phi) is 13.9. The fraction of sp³-hybridized carbons (Fsp3) is 0.862. The normalized spacial score (nSPS) is 22.8. The Hall–Kier alpha value is 1.37. The van der Waals surface area contributed by atoms with Gasteiger partial charge < -0.3 is 31.0 Å². The first-order chi connectivity index (χ1) is 19.8. The second kappa shape index (κ2) is 14.1. The fourth-order valence-corrected chi connectivity index (χ4v) is 16.0. The molecule has 0 saturated carbocycles. The minimum Gasteiger partial charge on any atom is -0.401 e. The molecule has 0 N–H and O–H groups in total. The summed E-state index contributed by atoms with van der Waals surface area (Å²) in [5.74, 6) is -4.61. The summed E-state index contributed by atoms with van der Waals surface area (Å²) in [6, 6.07) is 0. The molecule has 1 atom stereocenters. The largest absolute Gasteiger partial charge is 0.401 e. The molecule has 0 aromatic rings. The Labute approximate surface area is 300 Å². The molecular weight excluding hydrogens is 741 g/mol. The minimum absolute atomic E-state index is 0.781. The van der Waals surface area contributed by atoms with Crippen LogP contribution in [0, 0.1) is 0 Å². The van der Waals surface area contributed by atoms with Crippen LogP contribution in [0.1, 0.15) is 0 Å². The van der Waals surface area contributed by atoms with E-state index in [9.17, 15) is 0 Å². The SMILES string of the molecule is C[Si](C)(C)OC1(O[Si](C)(C)C)C=CC(O[Si](C)(C)C)(C([SiH3])=C([SiH3])[SiH3])C(O[Si](C)(C)C)(O[Si](C)(C)C)C1(O[Si](C)(C)C)O[Si](C)(C)C. The van der Waals surface area contributed by atoms with Gasteiger partial charge in [-0.15, -0.1) is 4.82 Å². The second-order valence-corrected chi connectivity index (χ2v) is 57.1. The molecule has 7 nitrogen and oxygen atoms in total. The summed E-state index contributed by atoms with van der Waals surface area (Å²) < 4.78 is 54.0. The third-order valence-electron chi connectivity index (χ3n) is 6.41. The molecule has 0 bridgehead atoms. The highest BCUT2D eigenvalue weighted by Gasteiger charge is 2.82. The highest BCUT2D eigenvalue weighted by Crippen LogP contribution is 2.61. The summed E-state index contributed by atoms with van der Waals surface area (Å²) in [6.07, 6.45) is 4.39. The second-order valence-electron chi connectivity index (χ2n) is 20.1. The van der Waals surface area contributed by atoms with Crippen LogP contribution in [-0.4, -0.2) is 112 Å². The average Bonchev–Trinajstić information content (AvgIpc) is 2.66. The summed E-state index contributed by atoms with van der Waals surface area (Å²) in [4.78, 5) is 1.47. The molecule has 17 heteroatoms. The smallest absolute Gasteiger partial charge is 0.265 e. The van der Waals surface area contributed by atoms with E-state index >= 15 is 0 Å². The Bertz CT molecular complexity index is 1080. The molecule has 0 aliphatic heterocycles. The Balaban J connectivity index is 5.20. The average molecular weight is 816 g/mol. The van der Waals surface area contributed by atoms with E-state index < -0.39 is 81.2 Å². The van der Waals surface area contributed by atoms with Crippen molar-refractivity contribution in [3.8, 4) is 0 Å². The molecule has 46 heavy (non-hydrogen) atoms. The molecule has 0 saturated heterocycles. The summed E-state index contributed by atoms with van der Waals surface area (Å²) >= 11 is 0. The predicted octanol–water partition coefficient (Wildman–Crippen LogP) is 5.61. The van der Waals surface area contributed by atoms with Crippen LogP contribution in [-0.2, 0) is 31.0 Å². The van der Waals surface area contributed by atoms with Gasteiger partial charge in [-0.05, 0) is 150 Å². The lowest BCUT2D eigenvalue weighted by Gasteiger charge is -2.69. The predicted molar refractivity (Wildman–Crippen MR) is 228 cm³/mol. The van der Waals surface area contributed by atoms with Crippen LogP contribution in [0.25, 0.3) is 0 Å². The van der Waals surface area contributed by atoms with Gasteiger partial charge in [-0.1, -0.05) is 5.20 Å². The van der Waals surface area contributed by atoms with E-state index in [1.165, 1.54) is 10.0 Å². The number of hydrogen-bond acceptors (Lipinski definition) is 7. The fourth-order valence-electron chi connectivity index (χ4n) is 5.79. The van der Waals surface area contributed by atoms with E-state index in [4.69, 9.17) is 31.0 Å². The number of hydrogen-bond donors (Lipinski definition) is 0. The molecule has 272 valence electrons. The first-order valence-electron chi connectivity index (χ1n) is 17.0. The first kappa shape index (κ1) is 45.4. The third-order valence-corrected chi connectivity index (χ3v) is 18.0. The van der Waals surface area contributed by atoms with Crippen LogP contribution < -0.4 is 0 Å². The van der Waals surface area contributed by atoms with Crippen LogP contribution in [0.2, 0.25) is 137 Å².